The molecule has 4 N–H and O–H groups in total. The lowest BCUT2D eigenvalue weighted by molar-refractivity contribution is -0.138. The quantitative estimate of drug-likeness (QED) is 0.518. The highest BCUT2D eigenvalue weighted by atomic mass is 16.4. The molecule has 0 rings (SSSR count). The lowest BCUT2D eigenvalue weighted by atomic mass is 10.0. The first-order chi connectivity index (χ1) is 9.26. The molecule has 20 heavy (non-hydrogen) atoms. The smallest absolute Gasteiger partial charge is 0.322 e. The van der Waals surface area contributed by atoms with Crippen LogP contribution >= 0.6 is 0 Å². The fourth-order valence-electron chi connectivity index (χ4n) is 1.49. The highest BCUT2D eigenvalue weighted by Gasteiger charge is 2.18. The summed E-state index contributed by atoms with van der Waals surface area (Å²) < 4.78 is 0. The van der Waals surface area contributed by atoms with Crippen molar-refractivity contribution in [2.24, 2.45) is 5.92 Å². The van der Waals surface area contributed by atoms with Crippen LogP contribution in [0.3, 0.4) is 0 Å². The zero-order valence-electron chi connectivity index (χ0n) is 11.9. The van der Waals surface area contributed by atoms with Gasteiger partial charge in [0.05, 0.1) is 0 Å². The Balaban J connectivity index is 4.10. The molecular weight excluding hydrogens is 266 g/mol. The maximum absolute atomic E-state index is 11.5. The van der Waals surface area contributed by atoms with E-state index in [4.69, 9.17) is 5.11 Å². The molecule has 0 radical (unpaired) electrons. The molecule has 4 amide bonds. The molecule has 0 bridgehead atoms. The normalized spacial score (nSPS) is 12.9. The van der Waals surface area contributed by atoms with E-state index in [1.165, 1.54) is 6.92 Å². The second-order valence-electron chi connectivity index (χ2n) is 4.55. The molecule has 0 aromatic heterocycles. The Hall–Kier alpha value is -2.12. The number of carboxylic acid groups (broad SMARTS) is 1. The number of nitrogens with one attached hydrogen (secondary N) is 3. The van der Waals surface area contributed by atoms with E-state index in [1.54, 1.807) is 13.8 Å². The van der Waals surface area contributed by atoms with Gasteiger partial charge in [0, 0.05) is 19.4 Å². The van der Waals surface area contributed by atoms with E-state index < -0.39 is 23.9 Å². The average molecular weight is 287 g/mol. The Morgan fingerprint density at radius 2 is 1.70 bits per heavy atom. The third-order valence-electron chi connectivity index (χ3n) is 2.40. The van der Waals surface area contributed by atoms with Gasteiger partial charge in [-0.2, -0.15) is 0 Å². The van der Waals surface area contributed by atoms with Crippen molar-refractivity contribution in [2.45, 2.75) is 39.7 Å². The molecule has 2 unspecified atom stereocenters. The first-order valence-corrected chi connectivity index (χ1v) is 6.36. The largest absolute Gasteiger partial charge is 0.481 e. The number of aliphatic carboxylic acids is 1. The SMILES string of the molecule is CCNC(=O)C(C)NC(=O)NC(=O)CC(C)CC(=O)O. The van der Waals surface area contributed by atoms with Gasteiger partial charge in [-0.05, 0) is 19.8 Å². The molecule has 0 saturated carbocycles. The fourth-order valence-corrected chi connectivity index (χ4v) is 1.49. The summed E-state index contributed by atoms with van der Waals surface area (Å²) in [7, 11) is 0. The van der Waals surface area contributed by atoms with Crippen molar-refractivity contribution in [1.29, 1.82) is 0 Å². The number of carbonyl (C=O) groups excluding carboxylic acids is 3. The number of likely N-dealkylation sites (N-methyl/N-ethyl adjacent to an activating group) is 1. The molecule has 8 nitrogen and oxygen atoms in total. The minimum Gasteiger partial charge on any atom is -0.481 e. The van der Waals surface area contributed by atoms with Gasteiger partial charge in [-0.25, -0.2) is 4.79 Å². The van der Waals surface area contributed by atoms with Crippen LogP contribution in [0.1, 0.15) is 33.6 Å². The fraction of sp³-hybridized carbons (Fsp3) is 0.667. The average Bonchev–Trinajstić information content (AvgIpc) is 2.26. The van der Waals surface area contributed by atoms with Crippen molar-refractivity contribution in [3.63, 3.8) is 0 Å². The van der Waals surface area contributed by atoms with Gasteiger partial charge in [-0.15, -0.1) is 0 Å². The van der Waals surface area contributed by atoms with E-state index in [-0.39, 0.29) is 24.7 Å². The number of imide groups is 1. The maximum atomic E-state index is 11.5. The Kier molecular flexibility index (Phi) is 7.95. The van der Waals surface area contributed by atoms with Crippen LogP contribution in [-0.4, -0.2) is 41.5 Å². The first kappa shape index (κ1) is 17.9. The maximum Gasteiger partial charge on any atom is 0.322 e. The van der Waals surface area contributed by atoms with E-state index in [1.807, 2.05) is 0 Å². The molecule has 114 valence electrons. The van der Waals surface area contributed by atoms with Crippen molar-refractivity contribution in [3.05, 3.63) is 0 Å². The summed E-state index contributed by atoms with van der Waals surface area (Å²) in [5.41, 5.74) is 0. The van der Waals surface area contributed by atoms with Gasteiger partial charge in [0.1, 0.15) is 6.04 Å². The van der Waals surface area contributed by atoms with Crippen LogP contribution in [0.15, 0.2) is 0 Å². The molecule has 0 aliphatic rings. The number of rotatable bonds is 7. The first-order valence-electron chi connectivity index (χ1n) is 6.36. The van der Waals surface area contributed by atoms with E-state index in [2.05, 4.69) is 16.0 Å². The van der Waals surface area contributed by atoms with Gasteiger partial charge in [0.25, 0.3) is 0 Å². The van der Waals surface area contributed by atoms with Crippen LogP contribution in [0.25, 0.3) is 0 Å². The van der Waals surface area contributed by atoms with Gasteiger partial charge in [-0.1, -0.05) is 6.92 Å². The van der Waals surface area contributed by atoms with Gasteiger partial charge in [0.2, 0.25) is 11.8 Å². The van der Waals surface area contributed by atoms with Crippen molar-refractivity contribution in [3.8, 4) is 0 Å². The van der Waals surface area contributed by atoms with Crippen LogP contribution in [0.2, 0.25) is 0 Å². The van der Waals surface area contributed by atoms with Crippen LogP contribution in [-0.2, 0) is 14.4 Å². The molecule has 2 atom stereocenters. The minimum absolute atomic E-state index is 0.0741. The lowest BCUT2D eigenvalue weighted by Gasteiger charge is -2.14. The Morgan fingerprint density at radius 1 is 1.10 bits per heavy atom. The van der Waals surface area contributed by atoms with Gasteiger partial charge >= 0.3 is 12.0 Å². The van der Waals surface area contributed by atoms with E-state index in [0.717, 1.165) is 0 Å². The molecule has 0 aromatic rings. The summed E-state index contributed by atoms with van der Waals surface area (Å²) in [5.74, 6) is -2.31. The number of carboxylic acids is 1. The molecule has 0 aromatic carbocycles. The molecule has 0 fully saturated rings. The topological polar surface area (TPSA) is 125 Å². The molecule has 0 spiro atoms. The zero-order chi connectivity index (χ0) is 15.7. The highest BCUT2D eigenvalue weighted by Crippen LogP contribution is 2.06. The van der Waals surface area contributed by atoms with Gasteiger partial charge in [-0.3, -0.25) is 19.7 Å². The number of urea groups is 1. The number of amides is 4. The Morgan fingerprint density at radius 3 is 2.20 bits per heavy atom. The molecule has 0 saturated heterocycles. The molecule has 8 heteroatoms. The second-order valence-corrected chi connectivity index (χ2v) is 4.55. The Bertz CT molecular complexity index is 383. The highest BCUT2D eigenvalue weighted by molar-refractivity contribution is 5.96. The minimum atomic E-state index is -1.00. The van der Waals surface area contributed by atoms with Crippen molar-refractivity contribution in [1.82, 2.24) is 16.0 Å². The summed E-state index contributed by atoms with van der Waals surface area (Å²) in [6.07, 6.45) is -0.223. The van der Waals surface area contributed by atoms with Crippen molar-refractivity contribution >= 4 is 23.8 Å². The van der Waals surface area contributed by atoms with Crippen LogP contribution < -0.4 is 16.0 Å². The lowest BCUT2D eigenvalue weighted by Crippen LogP contribution is -2.49. The second kappa shape index (κ2) is 8.89. The van der Waals surface area contributed by atoms with Crippen molar-refractivity contribution < 1.29 is 24.3 Å². The zero-order valence-corrected chi connectivity index (χ0v) is 11.9. The molecular formula is C12H21N3O5. The molecule has 0 aliphatic heterocycles. The van der Waals surface area contributed by atoms with E-state index >= 15 is 0 Å². The van der Waals surface area contributed by atoms with E-state index in [9.17, 15) is 19.2 Å². The third-order valence-corrected chi connectivity index (χ3v) is 2.40. The predicted molar refractivity (Wildman–Crippen MR) is 70.9 cm³/mol. The number of hydrogen-bond donors (Lipinski definition) is 4. The van der Waals surface area contributed by atoms with E-state index in [0.29, 0.717) is 6.54 Å². The van der Waals surface area contributed by atoms with Crippen LogP contribution in [0.4, 0.5) is 4.79 Å². The van der Waals surface area contributed by atoms with Crippen LogP contribution in [0, 0.1) is 5.92 Å². The third kappa shape index (κ3) is 8.06. The summed E-state index contributed by atoms with van der Waals surface area (Å²) >= 11 is 0. The summed E-state index contributed by atoms with van der Waals surface area (Å²) in [5, 5.41) is 15.4. The Labute approximate surface area is 117 Å². The van der Waals surface area contributed by atoms with Gasteiger partial charge < -0.3 is 15.7 Å². The standard InChI is InChI=1S/C12H21N3O5/c1-4-13-11(19)8(3)14-12(20)15-9(16)5-7(2)6-10(17)18/h7-8H,4-6H2,1-3H3,(H,13,19)(H,17,18)(H2,14,15,16,20). The number of hydrogen-bond acceptors (Lipinski definition) is 4. The molecule has 0 heterocycles. The predicted octanol–water partition coefficient (Wildman–Crippen LogP) is -0.162. The summed E-state index contributed by atoms with van der Waals surface area (Å²) in [4.78, 5) is 44.7. The summed E-state index contributed by atoms with van der Waals surface area (Å²) in [6, 6.07) is -1.55. The van der Waals surface area contributed by atoms with Crippen LogP contribution in [0.5, 0.6) is 0 Å². The molecule has 0 aliphatic carbocycles. The van der Waals surface area contributed by atoms with Crippen molar-refractivity contribution in [2.75, 3.05) is 6.54 Å². The summed E-state index contributed by atoms with van der Waals surface area (Å²) in [6.45, 7) is 5.28. The van der Waals surface area contributed by atoms with Gasteiger partial charge in [0.15, 0.2) is 0 Å². The monoisotopic (exact) mass is 287 g/mol. The number of carbonyl (C=O) groups is 4.